The highest BCUT2D eigenvalue weighted by molar-refractivity contribution is 5.81. The lowest BCUT2D eigenvalue weighted by molar-refractivity contribution is 0.110. The molecular weight excluding hydrogens is 254 g/mol. The Labute approximate surface area is 119 Å². The number of fused-ring (bicyclic) bond motifs is 1. The molecule has 0 aliphatic rings. The van der Waals surface area contributed by atoms with Crippen LogP contribution >= 0.6 is 0 Å². The van der Waals surface area contributed by atoms with Crippen molar-refractivity contribution in [2.75, 3.05) is 5.73 Å². The maximum absolute atomic E-state index is 10.3. The second-order valence-electron chi connectivity index (χ2n) is 5.24. The fourth-order valence-electron chi connectivity index (χ4n) is 2.37. The van der Waals surface area contributed by atoms with Gasteiger partial charge < -0.3 is 15.4 Å². The Balaban J connectivity index is 2.07. The SMILES string of the molecule is CCCCCC[C@@H](O)[C@H](C)n1cnc2c(N)ncnc21. The van der Waals surface area contributed by atoms with Gasteiger partial charge in [0, 0.05) is 0 Å². The molecule has 2 aromatic heterocycles. The van der Waals surface area contributed by atoms with Gasteiger partial charge in [-0.3, -0.25) is 0 Å². The van der Waals surface area contributed by atoms with Gasteiger partial charge >= 0.3 is 0 Å². The van der Waals surface area contributed by atoms with Crippen LogP contribution in [0.25, 0.3) is 11.2 Å². The molecule has 2 aromatic rings. The zero-order valence-corrected chi connectivity index (χ0v) is 12.2. The first-order chi connectivity index (χ1) is 9.65. The topological polar surface area (TPSA) is 89.8 Å². The van der Waals surface area contributed by atoms with Crippen molar-refractivity contribution >= 4 is 17.0 Å². The molecule has 0 bridgehead atoms. The fourth-order valence-corrected chi connectivity index (χ4v) is 2.37. The summed E-state index contributed by atoms with van der Waals surface area (Å²) in [6.07, 6.45) is 8.13. The molecule has 3 N–H and O–H groups in total. The van der Waals surface area contributed by atoms with E-state index in [4.69, 9.17) is 5.73 Å². The van der Waals surface area contributed by atoms with Gasteiger partial charge in [-0.05, 0) is 13.3 Å². The molecule has 0 fully saturated rings. The number of aliphatic hydroxyl groups excluding tert-OH is 1. The molecule has 2 rings (SSSR count). The van der Waals surface area contributed by atoms with E-state index < -0.39 is 6.10 Å². The molecule has 0 unspecified atom stereocenters. The van der Waals surface area contributed by atoms with Crippen LogP contribution in [-0.2, 0) is 0 Å². The molecule has 0 aliphatic heterocycles. The number of nitrogen functional groups attached to an aromatic ring is 1. The largest absolute Gasteiger partial charge is 0.391 e. The monoisotopic (exact) mass is 277 g/mol. The lowest BCUT2D eigenvalue weighted by Crippen LogP contribution is -2.21. The van der Waals surface area contributed by atoms with Gasteiger partial charge in [0.1, 0.15) is 11.8 Å². The Morgan fingerprint density at radius 2 is 2.05 bits per heavy atom. The highest BCUT2D eigenvalue weighted by Crippen LogP contribution is 2.22. The molecule has 0 aliphatic carbocycles. The van der Waals surface area contributed by atoms with E-state index in [0.717, 1.165) is 12.8 Å². The number of rotatable bonds is 7. The van der Waals surface area contributed by atoms with Crippen LogP contribution < -0.4 is 5.73 Å². The summed E-state index contributed by atoms with van der Waals surface area (Å²) >= 11 is 0. The highest BCUT2D eigenvalue weighted by atomic mass is 16.3. The molecule has 20 heavy (non-hydrogen) atoms. The Hall–Kier alpha value is -1.69. The van der Waals surface area contributed by atoms with E-state index in [9.17, 15) is 5.11 Å². The molecule has 2 heterocycles. The van der Waals surface area contributed by atoms with E-state index in [1.807, 2.05) is 11.5 Å². The van der Waals surface area contributed by atoms with Crippen LogP contribution in [0.1, 0.15) is 52.0 Å². The van der Waals surface area contributed by atoms with Gasteiger partial charge in [0.2, 0.25) is 0 Å². The van der Waals surface area contributed by atoms with Crippen molar-refractivity contribution in [2.45, 2.75) is 58.1 Å². The molecule has 0 radical (unpaired) electrons. The summed E-state index contributed by atoms with van der Waals surface area (Å²) in [5.74, 6) is 0.374. The third kappa shape index (κ3) is 3.07. The van der Waals surface area contributed by atoms with Crippen molar-refractivity contribution in [3.05, 3.63) is 12.7 Å². The van der Waals surface area contributed by atoms with Crippen LogP contribution in [0.15, 0.2) is 12.7 Å². The van der Waals surface area contributed by atoms with E-state index in [-0.39, 0.29) is 6.04 Å². The highest BCUT2D eigenvalue weighted by Gasteiger charge is 2.19. The molecule has 2 atom stereocenters. The molecule has 0 aromatic carbocycles. The number of hydrogen-bond acceptors (Lipinski definition) is 5. The molecule has 110 valence electrons. The minimum Gasteiger partial charge on any atom is -0.391 e. The summed E-state index contributed by atoms with van der Waals surface area (Å²) in [6.45, 7) is 4.16. The zero-order chi connectivity index (χ0) is 14.5. The minimum absolute atomic E-state index is 0.0732. The Bertz CT molecular complexity index is 553. The zero-order valence-electron chi connectivity index (χ0n) is 12.2. The van der Waals surface area contributed by atoms with Gasteiger partial charge in [-0.1, -0.05) is 32.6 Å². The summed E-state index contributed by atoms with van der Waals surface area (Å²) in [6, 6.07) is -0.0732. The summed E-state index contributed by atoms with van der Waals surface area (Å²) in [7, 11) is 0. The number of aromatic nitrogens is 4. The summed E-state index contributed by atoms with van der Waals surface area (Å²) in [5.41, 5.74) is 7.04. The number of anilines is 1. The van der Waals surface area contributed by atoms with Crippen molar-refractivity contribution in [3.8, 4) is 0 Å². The van der Waals surface area contributed by atoms with E-state index in [2.05, 4.69) is 21.9 Å². The Morgan fingerprint density at radius 3 is 2.80 bits per heavy atom. The number of hydrogen-bond donors (Lipinski definition) is 2. The van der Waals surface area contributed by atoms with E-state index in [1.54, 1.807) is 6.33 Å². The fraction of sp³-hybridized carbons (Fsp3) is 0.643. The number of aliphatic hydroxyl groups is 1. The molecule has 6 heteroatoms. The summed E-state index contributed by atoms with van der Waals surface area (Å²) in [5, 5.41) is 10.3. The van der Waals surface area contributed by atoms with E-state index in [1.165, 1.54) is 25.6 Å². The molecule has 0 saturated heterocycles. The van der Waals surface area contributed by atoms with Gasteiger partial charge in [0.25, 0.3) is 0 Å². The lowest BCUT2D eigenvalue weighted by atomic mass is 10.0. The average Bonchev–Trinajstić information content (AvgIpc) is 2.88. The minimum atomic E-state index is -0.402. The van der Waals surface area contributed by atoms with Crippen molar-refractivity contribution in [2.24, 2.45) is 0 Å². The average molecular weight is 277 g/mol. The molecule has 0 saturated carbocycles. The predicted octanol–water partition coefficient (Wildman–Crippen LogP) is 2.30. The molecule has 0 amide bonds. The summed E-state index contributed by atoms with van der Waals surface area (Å²) in [4.78, 5) is 12.4. The van der Waals surface area contributed by atoms with Gasteiger partial charge in [0.05, 0.1) is 18.5 Å². The van der Waals surface area contributed by atoms with E-state index >= 15 is 0 Å². The van der Waals surface area contributed by atoms with Gasteiger partial charge in [0.15, 0.2) is 11.5 Å². The van der Waals surface area contributed by atoms with Crippen LogP contribution in [0.3, 0.4) is 0 Å². The molecule has 6 nitrogen and oxygen atoms in total. The maximum atomic E-state index is 10.3. The van der Waals surface area contributed by atoms with Crippen molar-refractivity contribution in [3.63, 3.8) is 0 Å². The van der Waals surface area contributed by atoms with Crippen LogP contribution in [0.5, 0.6) is 0 Å². The van der Waals surface area contributed by atoms with Gasteiger partial charge in [-0.2, -0.15) is 0 Å². The van der Waals surface area contributed by atoms with E-state index in [0.29, 0.717) is 17.0 Å². The number of imidazole rings is 1. The van der Waals surface area contributed by atoms with Crippen molar-refractivity contribution in [1.82, 2.24) is 19.5 Å². The standard InChI is InChI=1S/C14H23N5O/c1-3-4-5-6-7-11(20)10(2)19-9-18-12-13(15)16-8-17-14(12)19/h8-11,20H,3-7H2,1-2H3,(H2,15,16,17)/t10-,11+/m0/s1. The number of unbranched alkanes of at least 4 members (excludes halogenated alkanes) is 3. The first-order valence-electron chi connectivity index (χ1n) is 7.26. The van der Waals surface area contributed by atoms with Crippen molar-refractivity contribution < 1.29 is 5.11 Å². The number of nitrogens with two attached hydrogens (primary N) is 1. The summed E-state index contributed by atoms with van der Waals surface area (Å²) < 4.78 is 1.87. The first kappa shape index (κ1) is 14.7. The van der Waals surface area contributed by atoms with Crippen LogP contribution in [0, 0.1) is 0 Å². The van der Waals surface area contributed by atoms with Crippen LogP contribution in [-0.4, -0.2) is 30.7 Å². The maximum Gasteiger partial charge on any atom is 0.165 e. The third-order valence-electron chi connectivity index (χ3n) is 3.74. The Morgan fingerprint density at radius 1 is 1.25 bits per heavy atom. The molecular formula is C14H23N5O. The number of nitrogens with zero attached hydrogens (tertiary/aromatic N) is 4. The smallest absolute Gasteiger partial charge is 0.165 e. The quantitative estimate of drug-likeness (QED) is 0.758. The lowest BCUT2D eigenvalue weighted by Gasteiger charge is -2.20. The normalized spacial score (nSPS) is 14.6. The Kier molecular flexibility index (Phi) is 4.89. The third-order valence-corrected chi connectivity index (χ3v) is 3.74. The van der Waals surface area contributed by atoms with Gasteiger partial charge in [-0.15, -0.1) is 0 Å². The van der Waals surface area contributed by atoms with Crippen LogP contribution in [0.2, 0.25) is 0 Å². The second-order valence-corrected chi connectivity index (χ2v) is 5.24. The van der Waals surface area contributed by atoms with Gasteiger partial charge in [-0.25, -0.2) is 15.0 Å². The predicted molar refractivity (Wildman–Crippen MR) is 79.2 cm³/mol. The first-order valence-corrected chi connectivity index (χ1v) is 7.26. The molecule has 0 spiro atoms. The van der Waals surface area contributed by atoms with Crippen LogP contribution in [0.4, 0.5) is 5.82 Å². The van der Waals surface area contributed by atoms with Crippen molar-refractivity contribution in [1.29, 1.82) is 0 Å². The second kappa shape index (κ2) is 6.65.